The number of halogens is 6. The van der Waals surface area contributed by atoms with Gasteiger partial charge in [0.15, 0.2) is 17.0 Å². The molecule has 0 fully saturated rings. The topological polar surface area (TPSA) is 126 Å². The summed E-state index contributed by atoms with van der Waals surface area (Å²) in [6, 6.07) is 6.10. The molecule has 41 heavy (non-hydrogen) atoms. The van der Waals surface area contributed by atoms with E-state index in [1.54, 1.807) is 0 Å². The van der Waals surface area contributed by atoms with Crippen LogP contribution >= 0.6 is 11.3 Å². The van der Waals surface area contributed by atoms with Gasteiger partial charge in [-0.2, -0.15) is 31.4 Å². The van der Waals surface area contributed by atoms with Gasteiger partial charge in [-0.05, 0) is 45.0 Å². The predicted octanol–water partition coefficient (Wildman–Crippen LogP) is 5.11. The Bertz CT molecular complexity index is 1730. The third-order valence-electron chi connectivity index (χ3n) is 5.67. The summed E-state index contributed by atoms with van der Waals surface area (Å²) in [5.41, 5.74) is -4.63. The number of aliphatic hydroxyl groups is 1. The number of nitrogens with zero attached hydrogens (tertiary/aromatic N) is 3. The molecule has 0 saturated carbocycles. The molecule has 0 bridgehead atoms. The van der Waals surface area contributed by atoms with Crippen LogP contribution in [0.5, 0.6) is 0 Å². The van der Waals surface area contributed by atoms with Crippen molar-refractivity contribution in [3.05, 3.63) is 64.3 Å². The summed E-state index contributed by atoms with van der Waals surface area (Å²) in [4.78, 5) is 17.3. The first-order valence-electron chi connectivity index (χ1n) is 11.5. The number of benzene rings is 1. The number of carbonyl (C=O) groups excluding carboxylic acids is 1. The minimum absolute atomic E-state index is 0.0289. The average Bonchev–Trinajstić information content (AvgIpc) is 3.46. The first-order valence-corrected chi connectivity index (χ1v) is 13.8. The van der Waals surface area contributed by atoms with E-state index in [4.69, 9.17) is 0 Å². The number of anilines is 1. The molecule has 17 heteroatoms. The first-order chi connectivity index (χ1) is 18.8. The van der Waals surface area contributed by atoms with Crippen LogP contribution in [-0.4, -0.2) is 46.2 Å². The molecule has 0 aliphatic heterocycles. The molecule has 0 aliphatic rings. The van der Waals surface area contributed by atoms with Gasteiger partial charge in [0.2, 0.25) is 0 Å². The molecule has 3 aromatic heterocycles. The molecule has 1 aromatic carbocycles. The van der Waals surface area contributed by atoms with Crippen LogP contribution in [0.25, 0.3) is 16.9 Å². The van der Waals surface area contributed by atoms with Crippen molar-refractivity contribution in [2.75, 3.05) is 11.9 Å². The Balaban J connectivity index is 1.68. The summed E-state index contributed by atoms with van der Waals surface area (Å²) >= 11 is 0.819. The van der Waals surface area contributed by atoms with Crippen LogP contribution < -0.4 is 10.0 Å². The van der Waals surface area contributed by atoms with E-state index in [2.05, 4.69) is 20.1 Å². The summed E-state index contributed by atoms with van der Waals surface area (Å²) in [6.45, 7) is 3.95. The Morgan fingerprint density at radius 2 is 1.66 bits per heavy atom. The molecule has 0 saturated heterocycles. The molecular formula is C24H21F6N5O4S2. The summed E-state index contributed by atoms with van der Waals surface area (Å²) in [5.74, 6) is -0.965. The summed E-state index contributed by atoms with van der Waals surface area (Å²) < 4.78 is 108. The second-order valence-electron chi connectivity index (χ2n) is 9.54. The molecule has 0 spiro atoms. The van der Waals surface area contributed by atoms with Gasteiger partial charge in [0.25, 0.3) is 15.9 Å². The highest BCUT2D eigenvalue weighted by atomic mass is 32.2. The van der Waals surface area contributed by atoms with Crippen LogP contribution in [0.2, 0.25) is 0 Å². The number of thiophene rings is 1. The van der Waals surface area contributed by atoms with Gasteiger partial charge in [0.1, 0.15) is 4.21 Å². The highest BCUT2D eigenvalue weighted by Crippen LogP contribution is 2.35. The number of alkyl halides is 6. The van der Waals surface area contributed by atoms with Gasteiger partial charge in [-0.3, -0.25) is 4.79 Å². The number of rotatable bonds is 7. The maximum Gasteiger partial charge on any atom is 0.433 e. The van der Waals surface area contributed by atoms with Crippen LogP contribution in [0.3, 0.4) is 0 Å². The van der Waals surface area contributed by atoms with E-state index in [1.807, 2.05) is 0 Å². The first kappa shape index (κ1) is 30.4. The maximum atomic E-state index is 13.9. The van der Waals surface area contributed by atoms with E-state index in [0.29, 0.717) is 27.6 Å². The Labute approximate surface area is 232 Å². The molecule has 4 aromatic rings. The number of hydrogen-bond acceptors (Lipinski definition) is 7. The zero-order valence-electron chi connectivity index (χ0n) is 21.3. The molecule has 0 radical (unpaired) electrons. The van der Waals surface area contributed by atoms with Crippen LogP contribution in [0.15, 0.2) is 46.7 Å². The molecule has 220 valence electrons. The normalized spacial score (nSPS) is 13.1. The Morgan fingerprint density at radius 1 is 1.02 bits per heavy atom. The van der Waals surface area contributed by atoms with Crippen LogP contribution in [0.4, 0.5) is 32.0 Å². The van der Waals surface area contributed by atoms with Gasteiger partial charge in [0, 0.05) is 16.5 Å². The number of aryl methyl sites for hydroxylation is 1. The molecule has 3 N–H and O–H groups in total. The summed E-state index contributed by atoms with van der Waals surface area (Å²) in [6.07, 6.45) is -9.61. The van der Waals surface area contributed by atoms with Gasteiger partial charge < -0.3 is 10.4 Å². The molecule has 0 unspecified atom stereocenters. The number of amides is 1. The number of nitrogens with one attached hydrogen (secondary N) is 2. The smallest absolute Gasteiger partial charge is 0.394 e. The van der Waals surface area contributed by atoms with E-state index in [-0.39, 0.29) is 21.2 Å². The van der Waals surface area contributed by atoms with Gasteiger partial charge in [-0.1, -0.05) is 12.1 Å². The number of hydrogen-bond donors (Lipinski definition) is 3. The standard InChI is InChI=1S/C24H21F6N5O4S2/c1-12-15(10-20(40-12)41(38,39)34-22(2,3)11-36)32-21(37)17-9-19-31-16(8-18(24(28,29)30)35(19)33-17)13-4-6-14(7-5-13)23(25,26)27/h4-10,34,36H,11H2,1-3H3,(H,32,37). The Hall–Kier alpha value is -3.54. The molecule has 0 aliphatic carbocycles. The van der Waals surface area contributed by atoms with Crippen molar-refractivity contribution < 1.29 is 44.7 Å². The fourth-order valence-electron chi connectivity index (χ4n) is 3.61. The lowest BCUT2D eigenvalue weighted by Gasteiger charge is -2.22. The van der Waals surface area contributed by atoms with E-state index in [9.17, 15) is 44.7 Å². The number of fused-ring (bicyclic) bond motifs is 1. The Morgan fingerprint density at radius 3 is 2.22 bits per heavy atom. The molecular weight excluding hydrogens is 600 g/mol. The summed E-state index contributed by atoms with van der Waals surface area (Å²) in [5, 5.41) is 15.5. The maximum absolute atomic E-state index is 13.9. The minimum Gasteiger partial charge on any atom is -0.394 e. The fraction of sp³-hybridized carbons (Fsp3) is 0.292. The lowest BCUT2D eigenvalue weighted by Crippen LogP contribution is -2.45. The van der Waals surface area contributed by atoms with E-state index in [1.165, 1.54) is 20.8 Å². The third-order valence-corrected chi connectivity index (χ3v) is 8.89. The predicted molar refractivity (Wildman–Crippen MR) is 137 cm³/mol. The zero-order chi connectivity index (χ0) is 30.5. The lowest BCUT2D eigenvalue weighted by molar-refractivity contribution is -0.142. The van der Waals surface area contributed by atoms with E-state index in [0.717, 1.165) is 35.6 Å². The zero-order valence-corrected chi connectivity index (χ0v) is 23.0. The van der Waals surface area contributed by atoms with Crippen LogP contribution in [0.1, 0.15) is 40.5 Å². The molecule has 1 amide bonds. The van der Waals surface area contributed by atoms with Crippen molar-refractivity contribution >= 4 is 38.6 Å². The van der Waals surface area contributed by atoms with Gasteiger partial charge in [-0.25, -0.2) is 22.6 Å². The average molecular weight is 622 g/mol. The number of aliphatic hydroxyl groups excluding tert-OH is 1. The van der Waals surface area contributed by atoms with Crippen molar-refractivity contribution in [1.82, 2.24) is 19.3 Å². The van der Waals surface area contributed by atoms with Crippen molar-refractivity contribution in [2.45, 2.75) is 42.9 Å². The van der Waals surface area contributed by atoms with Crippen LogP contribution in [0, 0.1) is 6.92 Å². The molecule has 3 heterocycles. The fourth-order valence-corrected chi connectivity index (χ4v) is 6.41. The molecule has 9 nitrogen and oxygen atoms in total. The highest BCUT2D eigenvalue weighted by molar-refractivity contribution is 7.91. The van der Waals surface area contributed by atoms with Crippen molar-refractivity contribution in [3.8, 4) is 11.3 Å². The monoisotopic (exact) mass is 621 g/mol. The third kappa shape index (κ3) is 6.52. The highest BCUT2D eigenvalue weighted by Gasteiger charge is 2.36. The van der Waals surface area contributed by atoms with Gasteiger partial charge in [0.05, 0.1) is 29.1 Å². The SMILES string of the molecule is Cc1sc(S(=O)(=O)NC(C)(C)CO)cc1NC(=O)c1cc2nc(-c3ccc(C(F)(F)F)cc3)cc(C(F)(F)F)n2n1. The van der Waals surface area contributed by atoms with Gasteiger partial charge in [-0.15, -0.1) is 11.3 Å². The lowest BCUT2D eigenvalue weighted by atomic mass is 10.1. The van der Waals surface area contributed by atoms with Crippen molar-refractivity contribution in [3.63, 3.8) is 0 Å². The minimum atomic E-state index is -4.97. The summed E-state index contributed by atoms with van der Waals surface area (Å²) in [7, 11) is -4.08. The second-order valence-corrected chi connectivity index (χ2v) is 12.7. The largest absolute Gasteiger partial charge is 0.433 e. The van der Waals surface area contributed by atoms with Crippen molar-refractivity contribution in [2.24, 2.45) is 0 Å². The number of carbonyl (C=O) groups is 1. The molecule has 4 rings (SSSR count). The Kier molecular flexibility index (Phi) is 7.70. The number of aromatic nitrogens is 3. The van der Waals surface area contributed by atoms with Crippen molar-refractivity contribution in [1.29, 1.82) is 0 Å². The number of sulfonamides is 1. The second kappa shape index (κ2) is 10.4. The van der Waals surface area contributed by atoms with E-state index >= 15 is 0 Å². The molecule has 0 atom stereocenters. The quantitative estimate of drug-likeness (QED) is 0.247. The van der Waals surface area contributed by atoms with E-state index < -0.39 is 63.0 Å². The van der Waals surface area contributed by atoms with Crippen LogP contribution in [-0.2, 0) is 22.4 Å². The van der Waals surface area contributed by atoms with Gasteiger partial charge >= 0.3 is 12.4 Å².